The van der Waals surface area contributed by atoms with Gasteiger partial charge in [0.15, 0.2) is 0 Å². The van der Waals surface area contributed by atoms with Gasteiger partial charge in [0.25, 0.3) is 0 Å². The largest absolute Gasteiger partial charge is 0.493 e. The Hall–Kier alpha value is -2.88. The fraction of sp³-hybridized carbons (Fsp3) is 0.238. The van der Waals surface area contributed by atoms with Gasteiger partial charge in [-0.1, -0.05) is 19.9 Å². The summed E-state index contributed by atoms with van der Waals surface area (Å²) in [4.78, 5) is 15.1. The highest BCUT2D eigenvalue weighted by molar-refractivity contribution is 5.80. The number of benzene rings is 2. The summed E-state index contributed by atoms with van der Waals surface area (Å²) in [5.74, 6) is 2.56. The van der Waals surface area contributed by atoms with Crippen LogP contribution in [0.5, 0.6) is 17.4 Å². The molecule has 0 amide bonds. The maximum Gasteiger partial charge on any atom is 0.219 e. The first-order valence-corrected chi connectivity index (χ1v) is 8.38. The number of hydrogen-bond acceptors (Lipinski definition) is 4. The number of hydrogen-bond donors (Lipinski definition) is 0. The summed E-state index contributed by atoms with van der Waals surface area (Å²) in [6, 6.07) is 17.1. The molecular formula is C21H21NO3. The van der Waals surface area contributed by atoms with Crippen molar-refractivity contribution in [3.8, 4) is 17.4 Å². The number of aldehydes is 1. The van der Waals surface area contributed by atoms with Crippen LogP contribution in [0.15, 0.2) is 54.6 Å². The molecule has 0 aliphatic rings. The minimum Gasteiger partial charge on any atom is -0.493 e. The number of pyridine rings is 1. The molecule has 1 heterocycles. The summed E-state index contributed by atoms with van der Waals surface area (Å²) in [5.41, 5.74) is 1.82. The first kappa shape index (κ1) is 17.0. The Balaban J connectivity index is 1.71. The number of fused-ring (bicyclic) bond motifs is 1. The highest BCUT2D eigenvalue weighted by Gasteiger charge is 2.04. The molecule has 0 N–H and O–H groups in total. The minimum absolute atomic E-state index is 0.416. The van der Waals surface area contributed by atoms with Crippen LogP contribution in [0.2, 0.25) is 0 Å². The van der Waals surface area contributed by atoms with Crippen molar-refractivity contribution in [2.45, 2.75) is 20.3 Å². The van der Waals surface area contributed by atoms with Gasteiger partial charge in [-0.3, -0.25) is 0 Å². The molecule has 2 aromatic carbocycles. The molecule has 0 atom stereocenters. The molecule has 0 saturated carbocycles. The zero-order valence-electron chi connectivity index (χ0n) is 14.4. The van der Waals surface area contributed by atoms with Gasteiger partial charge in [-0.05, 0) is 53.9 Å². The summed E-state index contributed by atoms with van der Waals surface area (Å²) in [6.07, 6.45) is 1.32. The van der Waals surface area contributed by atoms with E-state index < -0.39 is 0 Å². The monoisotopic (exact) mass is 335 g/mol. The second-order valence-corrected chi connectivity index (χ2v) is 6.33. The molecule has 1 aromatic heterocycles. The zero-order valence-corrected chi connectivity index (χ0v) is 14.4. The predicted octanol–water partition coefficient (Wildman–Crippen LogP) is 4.80. The topological polar surface area (TPSA) is 48.4 Å². The lowest BCUT2D eigenvalue weighted by Gasteiger charge is -2.10. The van der Waals surface area contributed by atoms with Crippen molar-refractivity contribution in [2.24, 2.45) is 5.92 Å². The van der Waals surface area contributed by atoms with Crippen molar-refractivity contribution in [1.82, 2.24) is 4.98 Å². The van der Waals surface area contributed by atoms with Crippen LogP contribution in [0.25, 0.3) is 10.9 Å². The van der Waals surface area contributed by atoms with Crippen molar-refractivity contribution < 1.29 is 14.3 Å². The van der Waals surface area contributed by atoms with E-state index in [9.17, 15) is 4.79 Å². The maximum absolute atomic E-state index is 10.6. The van der Waals surface area contributed by atoms with E-state index in [4.69, 9.17) is 9.47 Å². The molecule has 0 bridgehead atoms. The SMILES string of the molecule is CC(C)COc1ccc(Oc2ccc3cc(CC=O)ccc3n2)cc1. The standard InChI is InChI=1S/C21H21NO3/c1-15(2)14-24-18-5-7-19(8-6-18)25-21-10-4-17-13-16(11-12-23)3-9-20(17)22-21/h3-10,12-13,15H,11,14H2,1-2H3. The number of ether oxygens (including phenoxy) is 2. The first-order valence-electron chi connectivity index (χ1n) is 8.38. The molecule has 128 valence electrons. The predicted molar refractivity (Wildman–Crippen MR) is 98.4 cm³/mol. The summed E-state index contributed by atoms with van der Waals surface area (Å²) in [7, 11) is 0. The third-order valence-electron chi connectivity index (χ3n) is 3.68. The van der Waals surface area contributed by atoms with E-state index in [1.807, 2.05) is 54.6 Å². The average molecular weight is 335 g/mol. The fourth-order valence-electron chi connectivity index (χ4n) is 2.42. The summed E-state index contributed by atoms with van der Waals surface area (Å²) < 4.78 is 11.5. The van der Waals surface area contributed by atoms with Crippen molar-refractivity contribution in [1.29, 1.82) is 0 Å². The van der Waals surface area contributed by atoms with Crippen LogP contribution < -0.4 is 9.47 Å². The smallest absolute Gasteiger partial charge is 0.219 e. The summed E-state index contributed by atoms with van der Waals surface area (Å²) >= 11 is 0. The Morgan fingerprint density at radius 3 is 2.48 bits per heavy atom. The van der Waals surface area contributed by atoms with E-state index in [1.54, 1.807) is 0 Å². The molecule has 4 heteroatoms. The van der Waals surface area contributed by atoms with Gasteiger partial charge in [-0.15, -0.1) is 0 Å². The third kappa shape index (κ3) is 4.57. The molecule has 0 aliphatic carbocycles. The van der Waals surface area contributed by atoms with Crippen LogP contribution in [-0.4, -0.2) is 17.9 Å². The molecule has 3 rings (SSSR count). The fourth-order valence-corrected chi connectivity index (χ4v) is 2.42. The van der Waals surface area contributed by atoms with Crippen LogP contribution in [0.3, 0.4) is 0 Å². The van der Waals surface area contributed by atoms with E-state index >= 15 is 0 Å². The van der Waals surface area contributed by atoms with E-state index in [1.165, 1.54) is 0 Å². The Morgan fingerprint density at radius 2 is 1.76 bits per heavy atom. The van der Waals surface area contributed by atoms with Gasteiger partial charge in [-0.25, -0.2) is 4.98 Å². The second kappa shape index (κ2) is 7.79. The van der Waals surface area contributed by atoms with Crippen LogP contribution in [0.4, 0.5) is 0 Å². The lowest BCUT2D eigenvalue weighted by molar-refractivity contribution is -0.107. The van der Waals surface area contributed by atoms with Crippen LogP contribution in [0.1, 0.15) is 19.4 Å². The Bertz CT molecular complexity index is 857. The van der Waals surface area contributed by atoms with E-state index in [-0.39, 0.29) is 0 Å². The number of nitrogens with zero attached hydrogens (tertiary/aromatic N) is 1. The zero-order chi connectivity index (χ0) is 17.6. The highest BCUT2D eigenvalue weighted by atomic mass is 16.5. The van der Waals surface area contributed by atoms with Gasteiger partial charge in [0, 0.05) is 17.9 Å². The number of rotatable bonds is 7. The number of aromatic nitrogens is 1. The molecule has 25 heavy (non-hydrogen) atoms. The van der Waals surface area contributed by atoms with Gasteiger partial charge in [0.2, 0.25) is 5.88 Å². The molecule has 0 unspecified atom stereocenters. The van der Waals surface area contributed by atoms with Crippen LogP contribution in [0, 0.1) is 5.92 Å². The van der Waals surface area contributed by atoms with Crippen molar-refractivity contribution >= 4 is 17.2 Å². The minimum atomic E-state index is 0.416. The third-order valence-corrected chi connectivity index (χ3v) is 3.68. The number of carbonyl (C=O) groups excluding carboxylic acids is 1. The number of carbonyl (C=O) groups is 1. The highest BCUT2D eigenvalue weighted by Crippen LogP contribution is 2.25. The van der Waals surface area contributed by atoms with Crippen LogP contribution in [-0.2, 0) is 11.2 Å². The molecular weight excluding hydrogens is 314 g/mol. The summed E-state index contributed by atoms with van der Waals surface area (Å²) in [5, 5.41) is 0.990. The van der Waals surface area contributed by atoms with E-state index in [0.29, 0.717) is 30.6 Å². The Kier molecular flexibility index (Phi) is 5.29. The van der Waals surface area contributed by atoms with Gasteiger partial charge < -0.3 is 14.3 Å². The van der Waals surface area contributed by atoms with Crippen molar-refractivity contribution in [3.63, 3.8) is 0 Å². The lowest BCUT2D eigenvalue weighted by Crippen LogP contribution is -2.04. The second-order valence-electron chi connectivity index (χ2n) is 6.33. The quantitative estimate of drug-likeness (QED) is 0.582. The van der Waals surface area contributed by atoms with Gasteiger partial charge in [0.1, 0.15) is 17.8 Å². The van der Waals surface area contributed by atoms with Gasteiger partial charge in [-0.2, -0.15) is 0 Å². The molecule has 0 aliphatic heterocycles. The molecule has 0 fully saturated rings. The Morgan fingerprint density at radius 1 is 1.00 bits per heavy atom. The average Bonchev–Trinajstić information content (AvgIpc) is 2.61. The molecule has 0 saturated heterocycles. The van der Waals surface area contributed by atoms with Crippen molar-refractivity contribution in [2.75, 3.05) is 6.61 Å². The first-order chi connectivity index (χ1) is 12.1. The molecule has 0 radical (unpaired) electrons. The normalized spacial score (nSPS) is 10.8. The van der Waals surface area contributed by atoms with Crippen molar-refractivity contribution in [3.05, 3.63) is 60.2 Å². The van der Waals surface area contributed by atoms with E-state index in [2.05, 4.69) is 18.8 Å². The molecule has 0 spiro atoms. The Labute approximate surface area is 147 Å². The summed E-state index contributed by atoms with van der Waals surface area (Å²) in [6.45, 7) is 4.92. The molecule has 4 nitrogen and oxygen atoms in total. The van der Waals surface area contributed by atoms with Gasteiger partial charge in [0.05, 0.1) is 12.1 Å². The van der Waals surface area contributed by atoms with Crippen LogP contribution >= 0.6 is 0 Å². The molecule has 3 aromatic rings. The maximum atomic E-state index is 10.6. The van der Waals surface area contributed by atoms with Gasteiger partial charge >= 0.3 is 0 Å². The van der Waals surface area contributed by atoms with E-state index in [0.717, 1.165) is 28.5 Å². The lowest BCUT2D eigenvalue weighted by atomic mass is 10.1.